The van der Waals surface area contributed by atoms with E-state index in [9.17, 15) is 4.79 Å². The zero-order valence-corrected chi connectivity index (χ0v) is 12.6. The molecule has 2 heterocycles. The second-order valence-corrected chi connectivity index (χ2v) is 6.92. The molecule has 3 rings (SSSR count). The van der Waals surface area contributed by atoms with E-state index in [4.69, 9.17) is 0 Å². The van der Waals surface area contributed by atoms with E-state index in [1.807, 2.05) is 6.08 Å². The molecule has 0 radical (unpaired) electrons. The molecular weight excluding hydrogens is 248 g/mol. The molecular formula is C17H28N2O. The smallest absolute Gasteiger partial charge is 0.164 e. The van der Waals surface area contributed by atoms with Crippen LogP contribution in [-0.2, 0) is 4.79 Å². The van der Waals surface area contributed by atoms with Crippen LogP contribution >= 0.6 is 0 Å². The third kappa shape index (κ3) is 3.15. The number of nitrogens with zero attached hydrogens (tertiary/aromatic N) is 2. The van der Waals surface area contributed by atoms with Gasteiger partial charge >= 0.3 is 0 Å². The highest BCUT2D eigenvalue weighted by molar-refractivity contribution is 5.97. The molecule has 0 N–H and O–H groups in total. The summed E-state index contributed by atoms with van der Waals surface area (Å²) in [6, 6.07) is 0. The minimum atomic E-state index is -0.130. The van der Waals surface area contributed by atoms with Gasteiger partial charge in [0.1, 0.15) is 0 Å². The Bertz CT molecular complexity index is 345. The van der Waals surface area contributed by atoms with Gasteiger partial charge in [-0.2, -0.15) is 0 Å². The quantitative estimate of drug-likeness (QED) is 0.788. The van der Waals surface area contributed by atoms with Crippen LogP contribution in [0, 0.1) is 5.41 Å². The van der Waals surface area contributed by atoms with Gasteiger partial charge in [0.25, 0.3) is 0 Å². The fourth-order valence-electron chi connectivity index (χ4n) is 4.09. The molecule has 112 valence electrons. The van der Waals surface area contributed by atoms with E-state index in [1.165, 1.54) is 64.7 Å². The van der Waals surface area contributed by atoms with Gasteiger partial charge in [-0.25, -0.2) is 0 Å². The van der Waals surface area contributed by atoms with E-state index >= 15 is 0 Å². The number of carbonyl (C=O) groups is 1. The Morgan fingerprint density at radius 1 is 0.850 bits per heavy atom. The highest BCUT2D eigenvalue weighted by Gasteiger charge is 2.42. The molecule has 0 saturated carbocycles. The first-order valence-electron chi connectivity index (χ1n) is 8.44. The van der Waals surface area contributed by atoms with Crippen LogP contribution < -0.4 is 0 Å². The lowest BCUT2D eigenvalue weighted by Gasteiger charge is -2.40. The topological polar surface area (TPSA) is 23.6 Å². The number of ketones is 1. The number of rotatable bonds is 4. The van der Waals surface area contributed by atoms with Gasteiger partial charge in [-0.3, -0.25) is 4.79 Å². The molecule has 0 bridgehead atoms. The van der Waals surface area contributed by atoms with Gasteiger partial charge in [-0.05, 0) is 64.4 Å². The minimum absolute atomic E-state index is 0.130. The SMILES string of the molecule is O=C1C=CCC1(CN1CCCCC1)CN1CCCCC1. The lowest BCUT2D eigenvalue weighted by molar-refractivity contribution is -0.125. The average molecular weight is 276 g/mol. The lowest BCUT2D eigenvalue weighted by Crippen LogP contribution is -2.50. The summed E-state index contributed by atoms with van der Waals surface area (Å²) in [4.78, 5) is 17.6. The van der Waals surface area contributed by atoms with Crippen LogP contribution in [0.4, 0.5) is 0 Å². The number of hydrogen-bond donors (Lipinski definition) is 0. The standard InChI is InChI=1S/C17H28N2O/c20-16-8-7-9-17(16,14-18-10-3-1-4-11-18)15-19-12-5-2-6-13-19/h7-8H,1-6,9-15H2. The summed E-state index contributed by atoms with van der Waals surface area (Å²) in [5, 5.41) is 0. The molecule has 0 atom stereocenters. The first kappa shape index (κ1) is 14.3. The van der Waals surface area contributed by atoms with Gasteiger partial charge in [0, 0.05) is 13.1 Å². The van der Waals surface area contributed by atoms with Gasteiger partial charge in [0.2, 0.25) is 0 Å². The van der Waals surface area contributed by atoms with Crippen LogP contribution in [-0.4, -0.2) is 54.9 Å². The Balaban J connectivity index is 1.66. The largest absolute Gasteiger partial charge is 0.302 e. The summed E-state index contributed by atoms with van der Waals surface area (Å²) >= 11 is 0. The van der Waals surface area contributed by atoms with E-state index in [2.05, 4.69) is 15.9 Å². The van der Waals surface area contributed by atoms with Crippen molar-refractivity contribution in [2.75, 3.05) is 39.3 Å². The Kier molecular flexibility index (Phi) is 4.57. The summed E-state index contributed by atoms with van der Waals surface area (Å²) in [5.41, 5.74) is -0.130. The van der Waals surface area contributed by atoms with E-state index in [0.29, 0.717) is 5.78 Å². The van der Waals surface area contributed by atoms with Crippen LogP contribution in [0.1, 0.15) is 44.9 Å². The maximum atomic E-state index is 12.5. The zero-order chi connectivity index (χ0) is 13.8. The third-order valence-electron chi connectivity index (χ3n) is 5.25. The molecule has 0 aromatic rings. The van der Waals surface area contributed by atoms with Crippen LogP contribution in [0.15, 0.2) is 12.2 Å². The Hall–Kier alpha value is -0.670. The highest BCUT2D eigenvalue weighted by atomic mass is 16.1. The van der Waals surface area contributed by atoms with Gasteiger partial charge in [0.15, 0.2) is 5.78 Å². The molecule has 0 aromatic heterocycles. The molecule has 0 spiro atoms. The van der Waals surface area contributed by atoms with Gasteiger partial charge in [-0.1, -0.05) is 18.9 Å². The minimum Gasteiger partial charge on any atom is -0.302 e. The maximum Gasteiger partial charge on any atom is 0.164 e. The van der Waals surface area contributed by atoms with Crippen molar-refractivity contribution in [3.05, 3.63) is 12.2 Å². The summed E-state index contributed by atoms with van der Waals surface area (Å²) in [7, 11) is 0. The van der Waals surface area contributed by atoms with Gasteiger partial charge in [-0.15, -0.1) is 0 Å². The molecule has 2 aliphatic heterocycles. The molecule has 0 amide bonds. The summed E-state index contributed by atoms with van der Waals surface area (Å²) < 4.78 is 0. The van der Waals surface area contributed by atoms with E-state index in [0.717, 1.165) is 19.5 Å². The first-order valence-corrected chi connectivity index (χ1v) is 8.44. The number of hydrogen-bond acceptors (Lipinski definition) is 3. The molecule has 2 fully saturated rings. The zero-order valence-electron chi connectivity index (χ0n) is 12.6. The van der Waals surface area contributed by atoms with E-state index in [1.54, 1.807) is 0 Å². The lowest BCUT2D eigenvalue weighted by atomic mass is 9.82. The average Bonchev–Trinajstić information content (AvgIpc) is 2.82. The maximum absolute atomic E-state index is 12.5. The van der Waals surface area contributed by atoms with Crippen LogP contribution in [0.25, 0.3) is 0 Å². The molecule has 1 aliphatic carbocycles. The Labute approximate surface area is 123 Å². The van der Waals surface area contributed by atoms with Crippen molar-refractivity contribution in [2.24, 2.45) is 5.41 Å². The van der Waals surface area contributed by atoms with Crippen LogP contribution in [0.2, 0.25) is 0 Å². The second kappa shape index (κ2) is 6.40. The summed E-state index contributed by atoms with van der Waals surface area (Å²) in [5.74, 6) is 0.383. The molecule has 3 nitrogen and oxygen atoms in total. The van der Waals surface area contributed by atoms with Crippen molar-refractivity contribution < 1.29 is 4.79 Å². The van der Waals surface area contributed by atoms with Gasteiger partial charge in [0.05, 0.1) is 5.41 Å². The van der Waals surface area contributed by atoms with Crippen molar-refractivity contribution in [2.45, 2.75) is 44.9 Å². The van der Waals surface area contributed by atoms with Gasteiger partial charge < -0.3 is 9.80 Å². The first-order chi connectivity index (χ1) is 9.78. The number of likely N-dealkylation sites (tertiary alicyclic amines) is 2. The second-order valence-electron chi connectivity index (χ2n) is 6.92. The predicted octanol–water partition coefficient (Wildman–Crippen LogP) is 2.47. The number of allylic oxidation sites excluding steroid dienone is 2. The van der Waals surface area contributed by atoms with Crippen molar-refractivity contribution >= 4 is 5.78 Å². The third-order valence-corrected chi connectivity index (χ3v) is 5.25. The fraction of sp³-hybridized carbons (Fsp3) is 0.824. The highest BCUT2D eigenvalue weighted by Crippen LogP contribution is 2.34. The fourth-order valence-corrected chi connectivity index (χ4v) is 4.09. The summed E-state index contributed by atoms with van der Waals surface area (Å²) in [6.07, 6.45) is 12.9. The normalized spacial score (nSPS) is 28.1. The molecule has 20 heavy (non-hydrogen) atoms. The van der Waals surface area contributed by atoms with Crippen molar-refractivity contribution in [3.63, 3.8) is 0 Å². The van der Waals surface area contributed by atoms with E-state index < -0.39 is 0 Å². The molecule has 3 heteroatoms. The van der Waals surface area contributed by atoms with E-state index in [-0.39, 0.29) is 5.41 Å². The number of piperidine rings is 2. The van der Waals surface area contributed by atoms with Crippen molar-refractivity contribution in [3.8, 4) is 0 Å². The van der Waals surface area contributed by atoms with Crippen molar-refractivity contribution in [1.29, 1.82) is 0 Å². The summed E-state index contributed by atoms with van der Waals surface area (Å²) in [6.45, 7) is 6.72. The van der Waals surface area contributed by atoms with Crippen LogP contribution in [0.5, 0.6) is 0 Å². The predicted molar refractivity (Wildman–Crippen MR) is 81.8 cm³/mol. The van der Waals surface area contributed by atoms with Crippen molar-refractivity contribution in [1.82, 2.24) is 9.80 Å². The Morgan fingerprint density at radius 2 is 1.35 bits per heavy atom. The number of carbonyl (C=O) groups excluding carboxylic acids is 1. The molecule has 3 aliphatic rings. The monoisotopic (exact) mass is 276 g/mol. The van der Waals surface area contributed by atoms with Crippen LogP contribution in [0.3, 0.4) is 0 Å². The molecule has 2 saturated heterocycles. The Morgan fingerprint density at radius 3 is 1.75 bits per heavy atom. The molecule has 0 unspecified atom stereocenters. The molecule has 0 aromatic carbocycles.